The van der Waals surface area contributed by atoms with Crippen LogP contribution < -0.4 is 10.9 Å². The Kier molecular flexibility index (Phi) is 3.62. The van der Waals surface area contributed by atoms with Gasteiger partial charge in [0.1, 0.15) is 0 Å². The summed E-state index contributed by atoms with van der Waals surface area (Å²) < 4.78 is 0. The first kappa shape index (κ1) is 13.4. The summed E-state index contributed by atoms with van der Waals surface area (Å²) >= 11 is 0. The van der Waals surface area contributed by atoms with Gasteiger partial charge < -0.3 is 10.3 Å². The number of benzene rings is 1. The SMILES string of the molecule is Cc1cc(C)c2[nH]c(=O)c(CNC3CCCC3)cc2c1. The number of aromatic amines is 1. The maximum absolute atomic E-state index is 12.2. The summed E-state index contributed by atoms with van der Waals surface area (Å²) in [6.45, 7) is 4.80. The van der Waals surface area contributed by atoms with Crippen LogP contribution in [0.2, 0.25) is 0 Å². The predicted octanol–water partition coefficient (Wildman–Crippen LogP) is 3.18. The highest BCUT2D eigenvalue weighted by Crippen LogP contribution is 2.20. The smallest absolute Gasteiger partial charge is 0.252 e. The third-order valence-electron chi connectivity index (χ3n) is 4.31. The van der Waals surface area contributed by atoms with Crippen LogP contribution in [-0.4, -0.2) is 11.0 Å². The number of hydrogen-bond donors (Lipinski definition) is 2. The molecular formula is C17H22N2O. The van der Waals surface area contributed by atoms with Crippen LogP contribution in [0.15, 0.2) is 23.0 Å². The van der Waals surface area contributed by atoms with Crippen molar-refractivity contribution in [1.82, 2.24) is 10.3 Å². The van der Waals surface area contributed by atoms with Crippen LogP contribution in [0.25, 0.3) is 10.9 Å². The minimum Gasteiger partial charge on any atom is -0.321 e. The molecule has 1 aliphatic carbocycles. The molecule has 0 unspecified atom stereocenters. The molecule has 2 N–H and O–H groups in total. The Balaban J connectivity index is 1.90. The van der Waals surface area contributed by atoms with Crippen molar-refractivity contribution in [1.29, 1.82) is 0 Å². The van der Waals surface area contributed by atoms with E-state index < -0.39 is 0 Å². The minimum atomic E-state index is 0.0370. The molecule has 1 aromatic carbocycles. The van der Waals surface area contributed by atoms with Crippen molar-refractivity contribution in [2.24, 2.45) is 0 Å². The maximum atomic E-state index is 12.2. The van der Waals surface area contributed by atoms with Crippen LogP contribution in [-0.2, 0) is 6.54 Å². The Hall–Kier alpha value is -1.61. The van der Waals surface area contributed by atoms with Gasteiger partial charge in [-0.1, -0.05) is 24.5 Å². The second-order valence-corrected chi connectivity index (χ2v) is 6.03. The molecule has 0 spiro atoms. The molecule has 3 rings (SSSR count). The summed E-state index contributed by atoms with van der Waals surface area (Å²) in [6, 6.07) is 6.87. The van der Waals surface area contributed by atoms with E-state index in [1.807, 2.05) is 13.0 Å². The first-order valence-corrected chi connectivity index (χ1v) is 7.50. The average molecular weight is 270 g/mol. The summed E-state index contributed by atoms with van der Waals surface area (Å²) in [6.07, 6.45) is 5.10. The molecule has 0 aliphatic heterocycles. The van der Waals surface area contributed by atoms with Gasteiger partial charge >= 0.3 is 0 Å². The maximum Gasteiger partial charge on any atom is 0.252 e. The van der Waals surface area contributed by atoms with Gasteiger partial charge in [0, 0.05) is 18.2 Å². The van der Waals surface area contributed by atoms with E-state index in [0.29, 0.717) is 12.6 Å². The van der Waals surface area contributed by atoms with Crippen molar-refractivity contribution >= 4 is 10.9 Å². The Bertz CT molecular complexity index is 681. The number of hydrogen-bond acceptors (Lipinski definition) is 2. The number of aromatic nitrogens is 1. The van der Waals surface area contributed by atoms with Crippen LogP contribution in [0.5, 0.6) is 0 Å². The highest BCUT2D eigenvalue weighted by molar-refractivity contribution is 5.82. The van der Waals surface area contributed by atoms with Crippen molar-refractivity contribution in [3.05, 3.63) is 45.2 Å². The topological polar surface area (TPSA) is 44.9 Å². The molecule has 1 aliphatic rings. The van der Waals surface area contributed by atoms with E-state index in [1.54, 1.807) is 0 Å². The first-order valence-electron chi connectivity index (χ1n) is 7.50. The van der Waals surface area contributed by atoms with Crippen LogP contribution in [0.3, 0.4) is 0 Å². The molecule has 106 valence electrons. The van der Waals surface area contributed by atoms with E-state index in [9.17, 15) is 4.79 Å². The lowest BCUT2D eigenvalue weighted by Gasteiger charge is -2.12. The van der Waals surface area contributed by atoms with Crippen molar-refractivity contribution < 1.29 is 0 Å². The van der Waals surface area contributed by atoms with E-state index in [1.165, 1.54) is 31.2 Å². The second kappa shape index (κ2) is 5.41. The van der Waals surface area contributed by atoms with Crippen LogP contribution in [0, 0.1) is 13.8 Å². The zero-order valence-corrected chi connectivity index (χ0v) is 12.3. The number of pyridine rings is 1. The summed E-state index contributed by atoms with van der Waals surface area (Å²) in [5.74, 6) is 0. The van der Waals surface area contributed by atoms with Crippen LogP contribution in [0.1, 0.15) is 42.4 Å². The Morgan fingerprint density at radius 1 is 1.20 bits per heavy atom. The molecular weight excluding hydrogens is 248 g/mol. The molecule has 20 heavy (non-hydrogen) atoms. The van der Waals surface area contributed by atoms with Crippen LogP contribution in [0.4, 0.5) is 0 Å². The lowest BCUT2D eigenvalue weighted by Crippen LogP contribution is -2.28. The Morgan fingerprint density at radius 3 is 2.70 bits per heavy atom. The fourth-order valence-corrected chi connectivity index (χ4v) is 3.25. The first-order chi connectivity index (χ1) is 9.63. The molecule has 1 saturated carbocycles. The van der Waals surface area contributed by atoms with Crippen LogP contribution >= 0.6 is 0 Å². The number of nitrogens with one attached hydrogen (secondary N) is 2. The molecule has 1 fully saturated rings. The summed E-state index contributed by atoms with van der Waals surface area (Å²) in [5.41, 5.74) is 4.21. The van der Waals surface area contributed by atoms with Gasteiger partial charge in [-0.05, 0) is 49.8 Å². The molecule has 0 amide bonds. The number of H-pyrrole nitrogens is 1. The average Bonchev–Trinajstić information content (AvgIpc) is 2.90. The second-order valence-electron chi connectivity index (χ2n) is 6.03. The molecule has 1 heterocycles. The molecule has 2 aromatic rings. The van der Waals surface area contributed by atoms with Gasteiger partial charge in [-0.2, -0.15) is 0 Å². The predicted molar refractivity (Wildman–Crippen MR) is 83.1 cm³/mol. The zero-order chi connectivity index (χ0) is 14.1. The van der Waals surface area contributed by atoms with Crippen molar-refractivity contribution in [2.75, 3.05) is 0 Å². The summed E-state index contributed by atoms with van der Waals surface area (Å²) in [5, 5.41) is 4.64. The number of rotatable bonds is 3. The largest absolute Gasteiger partial charge is 0.321 e. The van der Waals surface area contributed by atoms with E-state index >= 15 is 0 Å². The summed E-state index contributed by atoms with van der Waals surface area (Å²) in [4.78, 5) is 15.2. The number of fused-ring (bicyclic) bond motifs is 1. The van der Waals surface area contributed by atoms with Crippen molar-refractivity contribution in [3.63, 3.8) is 0 Å². The molecule has 0 radical (unpaired) electrons. The van der Waals surface area contributed by atoms with E-state index in [-0.39, 0.29) is 5.56 Å². The molecule has 1 aromatic heterocycles. The third-order valence-corrected chi connectivity index (χ3v) is 4.31. The van der Waals surface area contributed by atoms with Gasteiger partial charge in [-0.3, -0.25) is 4.79 Å². The zero-order valence-electron chi connectivity index (χ0n) is 12.3. The van der Waals surface area contributed by atoms with Gasteiger partial charge in [0.25, 0.3) is 5.56 Å². The Labute approximate surface area is 119 Å². The molecule has 3 heteroatoms. The number of aryl methyl sites for hydroxylation is 2. The highest BCUT2D eigenvalue weighted by atomic mass is 16.1. The molecule has 3 nitrogen and oxygen atoms in total. The normalized spacial score (nSPS) is 16.1. The third kappa shape index (κ3) is 2.63. The standard InChI is InChI=1S/C17H22N2O/c1-11-7-12(2)16-13(8-11)9-14(17(20)19-16)10-18-15-5-3-4-6-15/h7-9,15,18H,3-6,10H2,1-2H3,(H,19,20). The summed E-state index contributed by atoms with van der Waals surface area (Å²) in [7, 11) is 0. The molecule has 0 bridgehead atoms. The van der Waals surface area contributed by atoms with Gasteiger partial charge in [-0.15, -0.1) is 0 Å². The van der Waals surface area contributed by atoms with E-state index in [2.05, 4.69) is 29.4 Å². The van der Waals surface area contributed by atoms with Gasteiger partial charge in [0.15, 0.2) is 0 Å². The van der Waals surface area contributed by atoms with Gasteiger partial charge in [0.2, 0.25) is 0 Å². The van der Waals surface area contributed by atoms with Crippen molar-refractivity contribution in [2.45, 2.75) is 52.1 Å². The Morgan fingerprint density at radius 2 is 1.95 bits per heavy atom. The fourth-order valence-electron chi connectivity index (χ4n) is 3.25. The highest BCUT2D eigenvalue weighted by Gasteiger charge is 2.14. The van der Waals surface area contributed by atoms with E-state index in [4.69, 9.17) is 0 Å². The molecule has 0 saturated heterocycles. The van der Waals surface area contributed by atoms with Crippen molar-refractivity contribution in [3.8, 4) is 0 Å². The van der Waals surface area contributed by atoms with Gasteiger partial charge in [0.05, 0.1) is 5.52 Å². The minimum absolute atomic E-state index is 0.0370. The monoisotopic (exact) mass is 270 g/mol. The quantitative estimate of drug-likeness (QED) is 0.899. The van der Waals surface area contributed by atoms with Gasteiger partial charge in [-0.25, -0.2) is 0 Å². The fraction of sp³-hybridized carbons (Fsp3) is 0.471. The lowest BCUT2D eigenvalue weighted by molar-refractivity contribution is 0.523. The molecule has 0 atom stereocenters. The van der Waals surface area contributed by atoms with E-state index in [0.717, 1.165) is 22.0 Å². The lowest BCUT2D eigenvalue weighted by atomic mass is 10.1.